The first-order valence-corrected chi connectivity index (χ1v) is 5.99. The molecule has 1 rings (SSSR count). The average molecular weight is 238 g/mol. The molecule has 17 heavy (non-hydrogen) atoms. The molecule has 1 aromatic rings. The number of hydrogen-bond acceptors (Lipinski definition) is 2. The second kappa shape index (κ2) is 5.92. The smallest absolute Gasteiger partial charge is 0.191 e. The Kier molecular flexibility index (Phi) is 4.82. The molecule has 0 radical (unpaired) electrons. The summed E-state index contributed by atoms with van der Waals surface area (Å²) in [6, 6.07) is 4.07. The molecule has 3 heteroatoms. The van der Waals surface area contributed by atoms with Gasteiger partial charge < -0.3 is 5.11 Å². The minimum Gasteiger partial charge on any atom is -0.385 e. The van der Waals surface area contributed by atoms with Crippen LogP contribution in [0.2, 0.25) is 0 Å². The van der Waals surface area contributed by atoms with Crippen LogP contribution in [0.15, 0.2) is 18.2 Å². The van der Waals surface area contributed by atoms with Crippen LogP contribution in [-0.4, -0.2) is 17.0 Å². The van der Waals surface area contributed by atoms with Crippen molar-refractivity contribution in [2.45, 2.75) is 39.7 Å². The van der Waals surface area contributed by atoms with Gasteiger partial charge in [-0.15, -0.1) is 0 Å². The van der Waals surface area contributed by atoms with E-state index in [9.17, 15) is 14.3 Å². The summed E-state index contributed by atoms with van der Waals surface area (Å²) >= 11 is 0. The van der Waals surface area contributed by atoms with E-state index in [4.69, 9.17) is 0 Å². The Bertz CT molecular complexity index is 397. The van der Waals surface area contributed by atoms with Gasteiger partial charge in [0.2, 0.25) is 0 Å². The Morgan fingerprint density at radius 1 is 1.35 bits per heavy atom. The van der Waals surface area contributed by atoms with Crippen molar-refractivity contribution in [3.05, 3.63) is 35.1 Å². The van der Waals surface area contributed by atoms with Gasteiger partial charge in [0.05, 0.1) is 0 Å². The number of ketones is 1. The zero-order chi connectivity index (χ0) is 13.0. The molecule has 0 heterocycles. The Labute approximate surface area is 101 Å². The van der Waals surface area contributed by atoms with Crippen LogP contribution >= 0.6 is 0 Å². The van der Waals surface area contributed by atoms with Gasteiger partial charge in [-0.1, -0.05) is 32.8 Å². The first-order valence-electron chi connectivity index (χ1n) is 5.99. The van der Waals surface area contributed by atoms with E-state index >= 15 is 0 Å². The quantitative estimate of drug-likeness (QED) is 0.800. The molecule has 0 aliphatic carbocycles. The minimum absolute atomic E-state index is 0.0647. The topological polar surface area (TPSA) is 37.3 Å². The van der Waals surface area contributed by atoms with E-state index in [1.54, 1.807) is 13.0 Å². The second-order valence-electron chi connectivity index (χ2n) is 4.34. The van der Waals surface area contributed by atoms with E-state index in [0.717, 1.165) is 12.8 Å². The molecule has 2 nitrogen and oxygen atoms in total. The predicted octanol–water partition coefficient (Wildman–Crippen LogP) is 3.11. The molecule has 0 saturated heterocycles. The van der Waals surface area contributed by atoms with Crippen molar-refractivity contribution in [3.63, 3.8) is 0 Å². The molecule has 0 aliphatic heterocycles. The lowest BCUT2D eigenvalue weighted by Crippen LogP contribution is -2.29. The summed E-state index contributed by atoms with van der Waals surface area (Å²) in [5.41, 5.74) is 0.978. The number of hydrogen-bond donors (Lipinski definition) is 1. The van der Waals surface area contributed by atoms with Gasteiger partial charge in [-0.05, 0) is 30.5 Å². The first kappa shape index (κ1) is 13.8. The van der Waals surface area contributed by atoms with Crippen LogP contribution < -0.4 is 0 Å². The van der Waals surface area contributed by atoms with Crippen LogP contribution in [0.1, 0.15) is 42.6 Å². The zero-order valence-electron chi connectivity index (χ0n) is 10.5. The Morgan fingerprint density at radius 3 is 2.47 bits per heavy atom. The molecule has 0 amide bonds. The van der Waals surface area contributed by atoms with Crippen molar-refractivity contribution in [1.29, 1.82) is 0 Å². The van der Waals surface area contributed by atoms with Crippen LogP contribution in [0, 0.1) is 18.7 Å². The van der Waals surface area contributed by atoms with Crippen molar-refractivity contribution in [3.8, 4) is 0 Å². The molecule has 0 bridgehead atoms. The largest absolute Gasteiger partial charge is 0.385 e. The summed E-state index contributed by atoms with van der Waals surface area (Å²) in [4.78, 5) is 12.1. The first-order chi connectivity index (χ1) is 8.01. The van der Waals surface area contributed by atoms with Gasteiger partial charge >= 0.3 is 0 Å². The highest BCUT2D eigenvalue weighted by atomic mass is 19.1. The number of halogens is 1. The van der Waals surface area contributed by atoms with E-state index in [1.165, 1.54) is 12.1 Å². The number of carbonyl (C=O) groups excluding carboxylic acids is 1. The van der Waals surface area contributed by atoms with Gasteiger partial charge in [0, 0.05) is 5.56 Å². The van der Waals surface area contributed by atoms with Gasteiger partial charge in [0.1, 0.15) is 11.9 Å². The fraction of sp³-hybridized carbons (Fsp3) is 0.500. The van der Waals surface area contributed by atoms with Gasteiger partial charge in [-0.25, -0.2) is 4.39 Å². The molecule has 1 atom stereocenters. The van der Waals surface area contributed by atoms with Gasteiger partial charge in [0.25, 0.3) is 0 Å². The molecule has 1 N–H and O–H groups in total. The Hall–Kier alpha value is -1.22. The molecule has 0 fully saturated rings. The fourth-order valence-electron chi connectivity index (χ4n) is 1.97. The van der Waals surface area contributed by atoms with Crippen LogP contribution in [0.4, 0.5) is 4.39 Å². The van der Waals surface area contributed by atoms with Crippen LogP contribution in [0.5, 0.6) is 0 Å². The monoisotopic (exact) mass is 238 g/mol. The summed E-state index contributed by atoms with van der Waals surface area (Å²) in [5, 5.41) is 9.97. The normalized spacial score (nSPS) is 12.8. The number of rotatable bonds is 5. The standard InChI is InChI=1S/C14H19FO2/c1-4-10(5-2)13(16)14(17)12-8-11(15)7-6-9(12)3/h6-8,10,13,16H,4-5H2,1-3H3. The highest BCUT2D eigenvalue weighted by Gasteiger charge is 2.25. The van der Waals surface area contributed by atoms with E-state index in [0.29, 0.717) is 5.56 Å². The summed E-state index contributed by atoms with van der Waals surface area (Å²) in [7, 11) is 0. The number of carbonyl (C=O) groups is 1. The highest BCUT2D eigenvalue weighted by molar-refractivity contribution is 6.00. The lowest BCUT2D eigenvalue weighted by molar-refractivity contribution is 0.0587. The number of aliphatic hydroxyl groups is 1. The van der Waals surface area contributed by atoms with Crippen molar-refractivity contribution < 1.29 is 14.3 Å². The maximum absolute atomic E-state index is 13.1. The van der Waals surface area contributed by atoms with Crippen molar-refractivity contribution >= 4 is 5.78 Å². The lowest BCUT2D eigenvalue weighted by atomic mass is 9.89. The molecule has 0 aromatic heterocycles. The molecule has 1 unspecified atom stereocenters. The van der Waals surface area contributed by atoms with E-state index in [2.05, 4.69) is 0 Å². The lowest BCUT2D eigenvalue weighted by Gasteiger charge is -2.19. The third kappa shape index (κ3) is 3.13. The highest BCUT2D eigenvalue weighted by Crippen LogP contribution is 2.20. The number of benzene rings is 1. The minimum atomic E-state index is -1.04. The third-order valence-corrected chi connectivity index (χ3v) is 3.23. The molecular formula is C14H19FO2. The van der Waals surface area contributed by atoms with Crippen LogP contribution in [0.3, 0.4) is 0 Å². The van der Waals surface area contributed by atoms with Gasteiger partial charge in [-0.2, -0.15) is 0 Å². The SMILES string of the molecule is CCC(CC)C(O)C(=O)c1cc(F)ccc1C. The van der Waals surface area contributed by atoms with Gasteiger partial charge in [-0.3, -0.25) is 4.79 Å². The number of Topliss-reactive ketones (excluding diaryl/α,β-unsaturated/α-hetero) is 1. The molecule has 0 saturated carbocycles. The number of aliphatic hydroxyl groups excluding tert-OH is 1. The summed E-state index contributed by atoms with van der Waals surface area (Å²) in [6.45, 7) is 5.61. The Morgan fingerprint density at radius 2 is 1.94 bits per heavy atom. The summed E-state index contributed by atoms with van der Waals surface area (Å²) in [6.07, 6.45) is 0.431. The van der Waals surface area contributed by atoms with Crippen molar-refractivity contribution in [1.82, 2.24) is 0 Å². The van der Waals surface area contributed by atoms with Crippen LogP contribution in [0.25, 0.3) is 0 Å². The third-order valence-electron chi connectivity index (χ3n) is 3.23. The Balaban J connectivity index is 2.99. The van der Waals surface area contributed by atoms with Crippen LogP contribution in [-0.2, 0) is 0 Å². The summed E-state index contributed by atoms with van der Waals surface area (Å²) in [5.74, 6) is -0.892. The predicted molar refractivity (Wildman–Crippen MR) is 65.5 cm³/mol. The van der Waals surface area contributed by atoms with E-state index in [1.807, 2.05) is 13.8 Å². The van der Waals surface area contributed by atoms with Crippen molar-refractivity contribution in [2.75, 3.05) is 0 Å². The second-order valence-corrected chi connectivity index (χ2v) is 4.34. The van der Waals surface area contributed by atoms with E-state index < -0.39 is 11.9 Å². The maximum Gasteiger partial charge on any atom is 0.191 e. The molecule has 0 aliphatic rings. The van der Waals surface area contributed by atoms with E-state index in [-0.39, 0.29) is 17.3 Å². The molecular weight excluding hydrogens is 219 g/mol. The number of aryl methyl sites for hydroxylation is 1. The summed E-state index contributed by atoms with van der Waals surface area (Å²) < 4.78 is 13.1. The molecule has 1 aromatic carbocycles. The molecule has 0 spiro atoms. The van der Waals surface area contributed by atoms with Crippen molar-refractivity contribution in [2.24, 2.45) is 5.92 Å². The molecule has 94 valence electrons. The zero-order valence-corrected chi connectivity index (χ0v) is 10.5. The fourth-order valence-corrected chi connectivity index (χ4v) is 1.97. The average Bonchev–Trinajstić information content (AvgIpc) is 2.32. The van der Waals surface area contributed by atoms with Gasteiger partial charge in [0.15, 0.2) is 5.78 Å². The maximum atomic E-state index is 13.1.